The molecule has 0 aromatic heterocycles. The van der Waals surface area contributed by atoms with E-state index in [1.165, 1.54) is 17.8 Å². The Morgan fingerprint density at radius 1 is 1.30 bits per heavy atom. The van der Waals surface area contributed by atoms with Crippen LogP contribution in [0.15, 0.2) is 43.0 Å². The molecule has 1 rings (SSSR count). The lowest BCUT2D eigenvalue weighted by atomic mass is 10.0. The third kappa shape index (κ3) is 6.36. The molecule has 0 saturated heterocycles. The van der Waals surface area contributed by atoms with Crippen molar-refractivity contribution in [1.82, 2.24) is 5.32 Å². The molecule has 0 aliphatic heterocycles. The van der Waals surface area contributed by atoms with E-state index in [1.807, 2.05) is 50.4 Å². The molecule has 0 bridgehead atoms. The van der Waals surface area contributed by atoms with Crippen LogP contribution in [0.25, 0.3) is 0 Å². The Kier molecular flexibility index (Phi) is 7.68. The van der Waals surface area contributed by atoms with Crippen LogP contribution in [0.5, 0.6) is 0 Å². The van der Waals surface area contributed by atoms with E-state index in [-0.39, 0.29) is 13.2 Å². The first-order chi connectivity index (χ1) is 10.9. The lowest BCUT2D eigenvalue weighted by Crippen LogP contribution is -2.53. The number of rotatable bonds is 8. The average molecular weight is 337 g/mol. The molecule has 0 saturated carbocycles. The highest BCUT2D eigenvalue weighted by molar-refractivity contribution is 8.00. The maximum absolute atomic E-state index is 12.4. The summed E-state index contributed by atoms with van der Waals surface area (Å²) in [5.41, 5.74) is 0.885. The first-order valence-electron chi connectivity index (χ1n) is 7.20. The highest BCUT2D eigenvalue weighted by Gasteiger charge is 2.37. The van der Waals surface area contributed by atoms with Crippen LogP contribution in [-0.2, 0) is 20.9 Å². The number of hydrogen-bond donors (Lipinski definition) is 1. The Bertz CT molecular complexity index is 531. The van der Waals surface area contributed by atoms with Crippen molar-refractivity contribution in [1.29, 1.82) is 0 Å². The molecular formula is C17H23NO4S. The molecule has 23 heavy (non-hydrogen) atoms. The summed E-state index contributed by atoms with van der Waals surface area (Å²) < 4.78 is 9.69. The van der Waals surface area contributed by atoms with Crippen LogP contribution in [-0.4, -0.2) is 35.7 Å². The van der Waals surface area contributed by atoms with Crippen LogP contribution in [0.4, 0.5) is 4.79 Å². The largest absolute Gasteiger partial charge is 0.459 e. The number of carbonyl (C=O) groups excluding carboxylic acids is 2. The van der Waals surface area contributed by atoms with Gasteiger partial charge in [0.05, 0.1) is 0 Å². The number of esters is 1. The van der Waals surface area contributed by atoms with Crippen LogP contribution in [0.1, 0.15) is 19.4 Å². The minimum Gasteiger partial charge on any atom is -0.459 e. The van der Waals surface area contributed by atoms with Gasteiger partial charge in [0.2, 0.25) is 0 Å². The number of thioether (sulfide) groups is 1. The van der Waals surface area contributed by atoms with E-state index < -0.39 is 22.9 Å². The van der Waals surface area contributed by atoms with E-state index in [4.69, 9.17) is 9.47 Å². The maximum Gasteiger partial charge on any atom is 0.408 e. The first-order valence-corrected chi connectivity index (χ1v) is 8.43. The van der Waals surface area contributed by atoms with Crippen molar-refractivity contribution in [3.05, 3.63) is 48.6 Å². The van der Waals surface area contributed by atoms with Gasteiger partial charge in [-0.05, 0) is 25.7 Å². The lowest BCUT2D eigenvalue weighted by Gasteiger charge is -2.31. The van der Waals surface area contributed by atoms with E-state index in [1.54, 1.807) is 0 Å². The minimum atomic E-state index is -0.821. The number of nitrogens with one attached hydrogen (secondary N) is 1. The van der Waals surface area contributed by atoms with Crippen molar-refractivity contribution in [2.45, 2.75) is 31.2 Å². The molecular weight excluding hydrogens is 314 g/mol. The van der Waals surface area contributed by atoms with E-state index in [2.05, 4.69) is 11.9 Å². The number of ether oxygens (including phenoxy) is 2. The van der Waals surface area contributed by atoms with Crippen LogP contribution in [0.2, 0.25) is 0 Å². The molecule has 0 spiro atoms. The molecule has 1 atom stereocenters. The van der Waals surface area contributed by atoms with Crippen molar-refractivity contribution in [3.8, 4) is 0 Å². The molecule has 0 aliphatic rings. The predicted molar refractivity (Wildman–Crippen MR) is 92.3 cm³/mol. The van der Waals surface area contributed by atoms with Gasteiger partial charge in [-0.15, -0.1) is 0 Å². The van der Waals surface area contributed by atoms with Gasteiger partial charge in [-0.1, -0.05) is 43.0 Å². The number of carbonyl (C=O) groups is 2. The zero-order chi connectivity index (χ0) is 17.3. The van der Waals surface area contributed by atoms with Crippen LogP contribution < -0.4 is 5.32 Å². The van der Waals surface area contributed by atoms with Crippen LogP contribution in [0, 0.1) is 0 Å². The summed E-state index contributed by atoms with van der Waals surface area (Å²) in [4.78, 5) is 24.2. The highest BCUT2D eigenvalue weighted by atomic mass is 32.2. The second-order valence-electron chi connectivity index (χ2n) is 5.37. The molecule has 5 nitrogen and oxygen atoms in total. The van der Waals surface area contributed by atoms with Crippen molar-refractivity contribution in [3.63, 3.8) is 0 Å². The molecule has 1 amide bonds. The average Bonchev–Trinajstić information content (AvgIpc) is 2.56. The lowest BCUT2D eigenvalue weighted by molar-refractivity contribution is -0.148. The van der Waals surface area contributed by atoms with Gasteiger partial charge in [-0.25, -0.2) is 9.59 Å². The maximum atomic E-state index is 12.4. The van der Waals surface area contributed by atoms with Crippen molar-refractivity contribution >= 4 is 23.8 Å². The molecule has 0 aliphatic carbocycles. The van der Waals surface area contributed by atoms with Gasteiger partial charge >= 0.3 is 12.1 Å². The second-order valence-corrected chi connectivity index (χ2v) is 6.83. The van der Waals surface area contributed by atoms with Gasteiger partial charge in [-0.3, -0.25) is 0 Å². The third-order valence-corrected chi connectivity index (χ3v) is 4.56. The van der Waals surface area contributed by atoms with E-state index in [0.717, 1.165) is 5.56 Å². The Morgan fingerprint density at radius 3 is 2.52 bits per heavy atom. The SMILES string of the molecule is C=CCOC(=O)N[C@H](C(=O)OCc1ccccc1)C(C)(C)SC. The van der Waals surface area contributed by atoms with Gasteiger partial charge < -0.3 is 14.8 Å². The first kappa shape index (κ1) is 19.1. The fraction of sp³-hybridized carbons (Fsp3) is 0.412. The molecule has 126 valence electrons. The van der Waals surface area contributed by atoms with Crippen molar-refractivity contribution < 1.29 is 19.1 Å². The fourth-order valence-corrected chi connectivity index (χ4v) is 2.13. The van der Waals surface area contributed by atoms with Gasteiger partial charge in [0.15, 0.2) is 0 Å². The quantitative estimate of drug-likeness (QED) is 0.583. The Labute approximate surface area is 141 Å². The summed E-state index contributed by atoms with van der Waals surface area (Å²) in [7, 11) is 0. The molecule has 1 aromatic rings. The Balaban J connectivity index is 2.72. The third-order valence-electron chi connectivity index (χ3n) is 3.28. The van der Waals surface area contributed by atoms with Gasteiger partial charge in [0.1, 0.15) is 19.3 Å². The van der Waals surface area contributed by atoms with E-state index in [0.29, 0.717) is 0 Å². The number of amides is 1. The van der Waals surface area contributed by atoms with E-state index >= 15 is 0 Å². The Morgan fingerprint density at radius 2 is 1.96 bits per heavy atom. The molecule has 1 aromatic carbocycles. The highest BCUT2D eigenvalue weighted by Crippen LogP contribution is 2.26. The summed E-state index contributed by atoms with van der Waals surface area (Å²) >= 11 is 1.46. The van der Waals surface area contributed by atoms with Crippen LogP contribution >= 0.6 is 11.8 Å². The topological polar surface area (TPSA) is 64.6 Å². The Hall–Kier alpha value is -1.95. The normalized spacial score (nSPS) is 12.1. The summed E-state index contributed by atoms with van der Waals surface area (Å²) in [6, 6.07) is 8.55. The second kappa shape index (κ2) is 9.25. The minimum absolute atomic E-state index is 0.0807. The summed E-state index contributed by atoms with van der Waals surface area (Å²) in [6.07, 6.45) is 2.66. The van der Waals surface area contributed by atoms with E-state index in [9.17, 15) is 9.59 Å². The number of alkyl carbamates (subject to hydrolysis) is 1. The zero-order valence-corrected chi connectivity index (χ0v) is 14.5. The summed E-state index contributed by atoms with van der Waals surface area (Å²) in [5.74, 6) is -0.497. The molecule has 0 radical (unpaired) electrons. The summed E-state index contributed by atoms with van der Waals surface area (Å²) in [5, 5.41) is 2.57. The van der Waals surface area contributed by atoms with Gasteiger partial charge in [0, 0.05) is 4.75 Å². The molecule has 6 heteroatoms. The van der Waals surface area contributed by atoms with Crippen molar-refractivity contribution in [2.75, 3.05) is 12.9 Å². The summed E-state index contributed by atoms with van der Waals surface area (Å²) in [6.45, 7) is 7.43. The van der Waals surface area contributed by atoms with Crippen molar-refractivity contribution in [2.24, 2.45) is 0 Å². The van der Waals surface area contributed by atoms with Crippen LogP contribution in [0.3, 0.4) is 0 Å². The molecule has 0 unspecified atom stereocenters. The number of hydrogen-bond acceptors (Lipinski definition) is 5. The van der Waals surface area contributed by atoms with Gasteiger partial charge in [0.25, 0.3) is 0 Å². The predicted octanol–water partition coefficient (Wildman–Crippen LogP) is 3.15. The fourth-order valence-electron chi connectivity index (χ4n) is 1.74. The van der Waals surface area contributed by atoms with Gasteiger partial charge in [-0.2, -0.15) is 11.8 Å². The zero-order valence-electron chi connectivity index (χ0n) is 13.7. The number of benzene rings is 1. The molecule has 0 heterocycles. The standard InChI is InChI=1S/C17H23NO4S/c1-5-11-21-16(20)18-14(17(2,3)23-4)15(19)22-12-13-9-7-6-8-10-13/h5-10,14H,1,11-12H2,2-4H3,(H,18,20)/t14-/m1/s1. The molecule has 1 N–H and O–H groups in total. The monoisotopic (exact) mass is 337 g/mol. The smallest absolute Gasteiger partial charge is 0.408 e. The molecule has 0 fully saturated rings.